The predicted molar refractivity (Wildman–Crippen MR) is 98.7 cm³/mol. The fourth-order valence-corrected chi connectivity index (χ4v) is 2.77. The van der Waals surface area contributed by atoms with Crippen molar-refractivity contribution in [3.63, 3.8) is 0 Å². The number of hydrogen-bond donors (Lipinski definition) is 1. The third-order valence-corrected chi connectivity index (χ3v) is 4.25. The fraction of sp³-hybridized carbons (Fsp3) is 0.333. The van der Waals surface area contributed by atoms with Crippen molar-refractivity contribution >= 4 is 11.6 Å². The molecule has 0 aromatic heterocycles. The zero-order valence-electron chi connectivity index (χ0n) is 13.8. The van der Waals surface area contributed by atoms with E-state index in [1.54, 1.807) is 0 Å². The fourth-order valence-electron chi connectivity index (χ4n) is 2.57. The van der Waals surface area contributed by atoms with Gasteiger partial charge >= 0.3 is 0 Å². The molecule has 2 heteroatoms. The van der Waals surface area contributed by atoms with Gasteiger partial charge in [0.2, 0.25) is 0 Å². The highest BCUT2D eigenvalue weighted by atomic mass is 35.5. The first kappa shape index (κ1) is 17.6. The van der Waals surface area contributed by atoms with Crippen LogP contribution in [0.2, 0.25) is 5.02 Å². The highest BCUT2D eigenvalue weighted by Crippen LogP contribution is 2.13. The van der Waals surface area contributed by atoms with Crippen LogP contribution in [0.4, 0.5) is 0 Å². The van der Waals surface area contributed by atoms with Gasteiger partial charge in [-0.05, 0) is 37.0 Å². The molecule has 0 radical (unpaired) electrons. The Bertz CT molecular complexity index is 640. The maximum absolute atomic E-state index is 6.31. The Morgan fingerprint density at radius 3 is 2.43 bits per heavy atom. The lowest BCUT2D eigenvalue weighted by atomic mass is 10.2. The largest absolute Gasteiger partial charge is 0.321 e. The van der Waals surface area contributed by atoms with Crippen molar-refractivity contribution in [2.45, 2.75) is 32.7 Å². The van der Waals surface area contributed by atoms with Gasteiger partial charge in [0.1, 0.15) is 13.1 Å². The molecule has 23 heavy (non-hydrogen) atoms. The number of quaternary nitrogens is 1. The Balaban J connectivity index is 1.99. The van der Waals surface area contributed by atoms with E-state index >= 15 is 0 Å². The Morgan fingerprint density at radius 2 is 1.70 bits per heavy atom. The lowest BCUT2D eigenvalue weighted by molar-refractivity contribution is -0.907. The van der Waals surface area contributed by atoms with Crippen LogP contribution in [0.5, 0.6) is 0 Å². The van der Waals surface area contributed by atoms with E-state index in [-0.39, 0.29) is 0 Å². The minimum absolute atomic E-state index is 0.851. The molecule has 2 aromatic rings. The van der Waals surface area contributed by atoms with Crippen molar-refractivity contribution in [2.24, 2.45) is 0 Å². The molecule has 0 spiro atoms. The molecule has 0 aliphatic rings. The first-order chi connectivity index (χ1) is 11.3. The van der Waals surface area contributed by atoms with E-state index < -0.39 is 0 Å². The predicted octanol–water partition coefficient (Wildman–Crippen LogP) is 3.97. The van der Waals surface area contributed by atoms with E-state index in [0.717, 1.165) is 30.2 Å². The highest BCUT2D eigenvalue weighted by Gasteiger charge is 2.10. The standard InChI is InChI=1S/C21H24ClN/c1-2-3-9-16-23(18-20-14-7-8-15-21(20)22)17-10-13-19-11-5-4-6-12-19/h4-8,11-12,14-15H,2-3,9,16-18H2,1H3/p+1. The van der Waals surface area contributed by atoms with Crippen molar-refractivity contribution in [3.8, 4) is 11.8 Å². The van der Waals surface area contributed by atoms with Crippen molar-refractivity contribution in [1.29, 1.82) is 0 Å². The molecule has 0 aliphatic heterocycles. The van der Waals surface area contributed by atoms with Gasteiger partial charge in [-0.2, -0.15) is 0 Å². The summed E-state index contributed by atoms with van der Waals surface area (Å²) in [5, 5.41) is 0.858. The molecule has 0 fully saturated rings. The number of halogens is 1. The van der Waals surface area contributed by atoms with Crippen molar-refractivity contribution < 1.29 is 4.90 Å². The van der Waals surface area contributed by atoms with E-state index in [9.17, 15) is 0 Å². The molecule has 2 rings (SSSR count). The van der Waals surface area contributed by atoms with Gasteiger partial charge in [-0.1, -0.05) is 67.3 Å². The first-order valence-electron chi connectivity index (χ1n) is 8.40. The van der Waals surface area contributed by atoms with Crippen LogP contribution in [0, 0.1) is 11.8 Å². The van der Waals surface area contributed by atoms with Crippen LogP contribution >= 0.6 is 11.6 Å². The molecule has 1 N–H and O–H groups in total. The minimum Gasteiger partial charge on any atom is -0.321 e. The zero-order chi connectivity index (χ0) is 16.3. The van der Waals surface area contributed by atoms with Crippen LogP contribution < -0.4 is 4.90 Å². The number of benzene rings is 2. The van der Waals surface area contributed by atoms with Crippen molar-refractivity contribution in [3.05, 3.63) is 70.7 Å². The molecule has 0 bridgehead atoms. The molecular weight excluding hydrogens is 302 g/mol. The van der Waals surface area contributed by atoms with Crippen LogP contribution in [-0.2, 0) is 6.54 Å². The van der Waals surface area contributed by atoms with Crippen LogP contribution in [0.3, 0.4) is 0 Å². The third-order valence-electron chi connectivity index (χ3n) is 3.88. The topological polar surface area (TPSA) is 4.44 Å². The lowest BCUT2D eigenvalue weighted by Crippen LogP contribution is -3.10. The molecule has 1 atom stereocenters. The van der Waals surface area contributed by atoms with Gasteiger partial charge < -0.3 is 4.90 Å². The van der Waals surface area contributed by atoms with E-state index in [0.29, 0.717) is 0 Å². The molecule has 1 nitrogen and oxygen atoms in total. The number of hydrogen-bond acceptors (Lipinski definition) is 0. The van der Waals surface area contributed by atoms with E-state index in [1.165, 1.54) is 29.7 Å². The summed E-state index contributed by atoms with van der Waals surface area (Å²) in [6.45, 7) is 5.17. The Kier molecular flexibility index (Phi) is 7.73. The third kappa shape index (κ3) is 6.48. The normalized spacial score (nSPS) is 11.6. The minimum atomic E-state index is 0.851. The van der Waals surface area contributed by atoms with Crippen LogP contribution in [0.25, 0.3) is 0 Å². The summed E-state index contributed by atoms with van der Waals surface area (Å²) in [5.41, 5.74) is 2.29. The number of nitrogens with one attached hydrogen (secondary N) is 1. The molecule has 1 unspecified atom stereocenters. The molecule has 0 heterocycles. The highest BCUT2D eigenvalue weighted by molar-refractivity contribution is 6.31. The number of rotatable bonds is 7. The maximum Gasteiger partial charge on any atom is 0.140 e. The van der Waals surface area contributed by atoms with E-state index in [2.05, 4.69) is 43.0 Å². The van der Waals surface area contributed by atoms with Gasteiger partial charge in [-0.3, -0.25) is 0 Å². The zero-order valence-corrected chi connectivity index (χ0v) is 14.6. The van der Waals surface area contributed by atoms with Crippen molar-refractivity contribution in [1.82, 2.24) is 0 Å². The second kappa shape index (κ2) is 10.1. The SMILES string of the molecule is CCCCC[NH+](CC#Cc1ccccc1)Cc1ccccc1Cl. The summed E-state index contributed by atoms with van der Waals surface area (Å²) >= 11 is 6.31. The maximum atomic E-state index is 6.31. The molecular formula is C21H25ClN+. The van der Waals surface area contributed by atoms with E-state index in [4.69, 9.17) is 11.6 Å². The monoisotopic (exact) mass is 326 g/mol. The van der Waals surface area contributed by atoms with Crippen molar-refractivity contribution in [2.75, 3.05) is 13.1 Å². The van der Waals surface area contributed by atoms with Crippen LogP contribution in [-0.4, -0.2) is 13.1 Å². The van der Waals surface area contributed by atoms with Gasteiger partial charge in [-0.25, -0.2) is 0 Å². The quantitative estimate of drug-likeness (QED) is 0.580. The molecule has 2 aromatic carbocycles. The summed E-state index contributed by atoms with van der Waals surface area (Å²) in [7, 11) is 0. The second-order valence-corrected chi connectivity index (χ2v) is 6.23. The number of unbranched alkanes of at least 4 members (excludes halogenated alkanes) is 2. The summed E-state index contributed by atoms with van der Waals surface area (Å²) in [6, 6.07) is 18.3. The summed E-state index contributed by atoms with van der Waals surface area (Å²) in [4.78, 5) is 1.48. The Labute approximate surface area is 145 Å². The lowest BCUT2D eigenvalue weighted by Gasteiger charge is -2.17. The van der Waals surface area contributed by atoms with Gasteiger partial charge in [0.15, 0.2) is 0 Å². The second-order valence-electron chi connectivity index (χ2n) is 5.82. The Morgan fingerprint density at radius 1 is 0.957 bits per heavy atom. The van der Waals surface area contributed by atoms with Gasteiger partial charge in [0.25, 0.3) is 0 Å². The first-order valence-corrected chi connectivity index (χ1v) is 8.78. The van der Waals surface area contributed by atoms with Crippen LogP contribution in [0.1, 0.15) is 37.3 Å². The summed E-state index contributed by atoms with van der Waals surface area (Å²) in [5.74, 6) is 6.60. The molecule has 0 saturated carbocycles. The summed E-state index contributed by atoms with van der Waals surface area (Å²) < 4.78 is 0. The van der Waals surface area contributed by atoms with Crippen LogP contribution in [0.15, 0.2) is 54.6 Å². The molecule has 0 aliphatic carbocycles. The molecule has 0 saturated heterocycles. The summed E-state index contributed by atoms with van der Waals surface area (Å²) in [6.07, 6.45) is 3.76. The molecule has 0 amide bonds. The van der Waals surface area contributed by atoms with Gasteiger partial charge in [0, 0.05) is 16.1 Å². The average molecular weight is 327 g/mol. The van der Waals surface area contributed by atoms with Gasteiger partial charge in [0.05, 0.1) is 6.54 Å². The Hall–Kier alpha value is -1.75. The smallest absolute Gasteiger partial charge is 0.140 e. The molecule has 120 valence electrons. The van der Waals surface area contributed by atoms with E-state index in [1.807, 2.05) is 30.3 Å². The van der Waals surface area contributed by atoms with Gasteiger partial charge in [-0.15, -0.1) is 0 Å². The average Bonchev–Trinajstić information content (AvgIpc) is 2.58.